The van der Waals surface area contributed by atoms with E-state index in [0.29, 0.717) is 6.54 Å². The van der Waals surface area contributed by atoms with Gasteiger partial charge in [0.1, 0.15) is 0 Å². The Labute approximate surface area is 132 Å². The van der Waals surface area contributed by atoms with Crippen LogP contribution in [0, 0.1) is 0 Å². The highest BCUT2D eigenvalue weighted by Crippen LogP contribution is 2.08. The Kier molecular flexibility index (Phi) is 15.1. The van der Waals surface area contributed by atoms with Crippen LogP contribution < -0.4 is 10.6 Å². The lowest BCUT2D eigenvalue weighted by Crippen LogP contribution is -2.44. The summed E-state index contributed by atoms with van der Waals surface area (Å²) in [6.07, 6.45) is 1.03. The highest BCUT2D eigenvalue weighted by molar-refractivity contribution is 7.99. The highest BCUT2D eigenvalue weighted by atomic mass is 35.5. The second-order valence-corrected chi connectivity index (χ2v) is 5.24. The maximum Gasteiger partial charge on any atom is 0.238 e. The van der Waals surface area contributed by atoms with Gasteiger partial charge in [-0.25, -0.2) is 0 Å². The first-order chi connectivity index (χ1) is 8.24. The number of ether oxygens (including phenoxy) is 1. The number of methoxy groups -OCH3 is 1. The Morgan fingerprint density at radius 3 is 2.79 bits per heavy atom. The number of hydrogen-bond donors (Lipinski definition) is 2. The van der Waals surface area contributed by atoms with Crippen molar-refractivity contribution in [2.75, 3.05) is 52.0 Å². The second-order valence-electron chi connectivity index (χ2n) is 4.21. The maximum absolute atomic E-state index is 11.7. The van der Waals surface area contributed by atoms with E-state index in [1.807, 2.05) is 0 Å². The number of halogens is 2. The summed E-state index contributed by atoms with van der Waals surface area (Å²) in [5.74, 6) is 1.89. The summed E-state index contributed by atoms with van der Waals surface area (Å²) >= 11 is 1.77. The largest absolute Gasteiger partial charge is 0.385 e. The predicted molar refractivity (Wildman–Crippen MR) is 85.7 cm³/mol. The van der Waals surface area contributed by atoms with Gasteiger partial charge in [-0.05, 0) is 13.5 Å². The standard InChI is InChI=1S/C11H23N3O2S.2ClH/c1-14(5-3-7-16-2)6-4-12-11(15)10-8-17-9-13-10;;/h10,13H,3-9H2,1-2H3,(H,12,15);2*1H. The number of carbonyl (C=O) groups excluding carboxylic acids is 1. The van der Waals surface area contributed by atoms with E-state index in [9.17, 15) is 4.79 Å². The zero-order valence-corrected chi connectivity index (χ0v) is 14.0. The van der Waals surface area contributed by atoms with Crippen LogP contribution in [0.4, 0.5) is 0 Å². The molecule has 1 fully saturated rings. The van der Waals surface area contributed by atoms with Crippen molar-refractivity contribution >= 4 is 42.5 Å². The molecule has 0 aromatic heterocycles. The molecule has 5 nitrogen and oxygen atoms in total. The third kappa shape index (κ3) is 9.76. The van der Waals surface area contributed by atoms with E-state index < -0.39 is 0 Å². The molecule has 1 unspecified atom stereocenters. The Bertz CT molecular complexity index is 232. The fourth-order valence-electron chi connectivity index (χ4n) is 1.65. The van der Waals surface area contributed by atoms with Gasteiger partial charge in [0.05, 0.1) is 6.04 Å². The molecule has 1 rings (SSSR count). The first-order valence-corrected chi connectivity index (χ1v) is 7.16. The van der Waals surface area contributed by atoms with E-state index in [1.54, 1.807) is 18.9 Å². The monoisotopic (exact) mass is 333 g/mol. The second kappa shape index (κ2) is 13.3. The third-order valence-corrected chi connectivity index (χ3v) is 3.65. The summed E-state index contributed by atoms with van der Waals surface area (Å²) in [4.78, 5) is 13.9. The summed E-state index contributed by atoms with van der Waals surface area (Å²) in [5, 5.41) is 6.12. The fourth-order valence-corrected chi connectivity index (χ4v) is 2.59. The number of nitrogens with zero attached hydrogens (tertiary/aromatic N) is 1. The van der Waals surface area contributed by atoms with Gasteiger partial charge in [0, 0.05) is 45.0 Å². The van der Waals surface area contributed by atoms with Crippen molar-refractivity contribution in [2.24, 2.45) is 0 Å². The maximum atomic E-state index is 11.7. The van der Waals surface area contributed by atoms with Crippen molar-refractivity contribution in [3.05, 3.63) is 0 Å². The minimum atomic E-state index is -0.00111. The van der Waals surface area contributed by atoms with Crippen molar-refractivity contribution in [1.29, 1.82) is 0 Å². The Morgan fingerprint density at radius 1 is 1.47 bits per heavy atom. The van der Waals surface area contributed by atoms with Gasteiger partial charge in [-0.2, -0.15) is 0 Å². The summed E-state index contributed by atoms with van der Waals surface area (Å²) in [5.41, 5.74) is 0. The Hall–Kier alpha value is 0.280. The van der Waals surface area contributed by atoms with Crippen molar-refractivity contribution < 1.29 is 9.53 Å². The molecule has 0 bridgehead atoms. The first kappa shape index (κ1) is 21.6. The number of hydrogen-bond acceptors (Lipinski definition) is 5. The van der Waals surface area contributed by atoms with Gasteiger partial charge < -0.3 is 15.0 Å². The van der Waals surface area contributed by atoms with Crippen LogP contribution in [0.25, 0.3) is 0 Å². The summed E-state index contributed by atoms with van der Waals surface area (Å²) in [6, 6.07) is -0.00111. The molecule has 1 aliphatic heterocycles. The minimum Gasteiger partial charge on any atom is -0.385 e. The van der Waals surface area contributed by atoms with E-state index in [0.717, 1.165) is 37.7 Å². The number of rotatable bonds is 8. The number of carbonyl (C=O) groups is 1. The summed E-state index contributed by atoms with van der Waals surface area (Å²) in [7, 11) is 3.78. The lowest BCUT2D eigenvalue weighted by molar-refractivity contribution is -0.122. The molecular formula is C11H25Cl2N3O2S. The van der Waals surface area contributed by atoms with E-state index in [-0.39, 0.29) is 36.8 Å². The van der Waals surface area contributed by atoms with Crippen molar-refractivity contribution in [1.82, 2.24) is 15.5 Å². The van der Waals surface area contributed by atoms with Crippen LogP contribution in [0.3, 0.4) is 0 Å². The van der Waals surface area contributed by atoms with Gasteiger partial charge in [0.2, 0.25) is 5.91 Å². The molecule has 2 N–H and O–H groups in total. The highest BCUT2D eigenvalue weighted by Gasteiger charge is 2.21. The number of likely N-dealkylation sites (N-methyl/N-ethyl adjacent to an activating group) is 1. The zero-order valence-electron chi connectivity index (χ0n) is 11.5. The van der Waals surface area contributed by atoms with Gasteiger partial charge in [0.15, 0.2) is 0 Å². The molecule has 116 valence electrons. The molecule has 1 amide bonds. The Balaban J connectivity index is 0. The molecule has 8 heteroatoms. The van der Waals surface area contributed by atoms with Gasteiger partial charge in [-0.15, -0.1) is 36.6 Å². The molecule has 0 saturated carbocycles. The molecule has 1 heterocycles. The van der Waals surface area contributed by atoms with Gasteiger partial charge >= 0.3 is 0 Å². The fraction of sp³-hybridized carbons (Fsp3) is 0.909. The number of thioether (sulfide) groups is 1. The normalized spacial score (nSPS) is 17.7. The van der Waals surface area contributed by atoms with Crippen LogP contribution in [0.2, 0.25) is 0 Å². The molecule has 0 spiro atoms. The molecule has 1 aliphatic rings. The molecular weight excluding hydrogens is 309 g/mol. The zero-order chi connectivity index (χ0) is 12.5. The minimum absolute atomic E-state index is 0. The van der Waals surface area contributed by atoms with E-state index in [4.69, 9.17) is 4.74 Å². The van der Waals surface area contributed by atoms with Crippen molar-refractivity contribution in [3.8, 4) is 0 Å². The van der Waals surface area contributed by atoms with Gasteiger partial charge in [-0.1, -0.05) is 0 Å². The number of nitrogens with one attached hydrogen (secondary N) is 2. The molecule has 1 saturated heterocycles. The van der Waals surface area contributed by atoms with Gasteiger partial charge in [-0.3, -0.25) is 10.1 Å². The average Bonchev–Trinajstić information content (AvgIpc) is 2.82. The van der Waals surface area contributed by atoms with E-state index in [1.165, 1.54) is 0 Å². The topological polar surface area (TPSA) is 53.6 Å². The SMILES string of the molecule is COCCCN(C)CCNC(=O)C1CSCN1.Cl.Cl. The molecule has 19 heavy (non-hydrogen) atoms. The smallest absolute Gasteiger partial charge is 0.238 e. The summed E-state index contributed by atoms with van der Waals surface area (Å²) in [6.45, 7) is 3.39. The van der Waals surface area contributed by atoms with Crippen molar-refractivity contribution in [2.45, 2.75) is 12.5 Å². The van der Waals surface area contributed by atoms with Gasteiger partial charge in [0.25, 0.3) is 0 Å². The average molecular weight is 334 g/mol. The van der Waals surface area contributed by atoms with E-state index in [2.05, 4.69) is 22.6 Å². The van der Waals surface area contributed by atoms with Crippen molar-refractivity contribution in [3.63, 3.8) is 0 Å². The quantitative estimate of drug-likeness (QED) is 0.636. The lowest BCUT2D eigenvalue weighted by atomic mass is 10.3. The van der Waals surface area contributed by atoms with Crippen LogP contribution in [-0.4, -0.2) is 68.9 Å². The van der Waals surface area contributed by atoms with Crippen LogP contribution in [0.1, 0.15) is 6.42 Å². The van der Waals surface area contributed by atoms with Crippen LogP contribution in [-0.2, 0) is 9.53 Å². The molecule has 0 aromatic carbocycles. The molecule has 0 aliphatic carbocycles. The lowest BCUT2D eigenvalue weighted by Gasteiger charge is -2.17. The summed E-state index contributed by atoms with van der Waals surface area (Å²) < 4.78 is 5.00. The van der Waals surface area contributed by atoms with Crippen LogP contribution >= 0.6 is 36.6 Å². The molecule has 1 atom stereocenters. The first-order valence-electron chi connectivity index (χ1n) is 6.00. The van der Waals surface area contributed by atoms with Crippen LogP contribution in [0.5, 0.6) is 0 Å². The molecule has 0 aromatic rings. The Morgan fingerprint density at radius 2 is 2.21 bits per heavy atom. The van der Waals surface area contributed by atoms with Crippen LogP contribution in [0.15, 0.2) is 0 Å². The molecule has 0 radical (unpaired) electrons. The predicted octanol–water partition coefficient (Wildman–Crippen LogP) is 0.577. The number of amides is 1. The third-order valence-electron chi connectivity index (χ3n) is 2.71. The van der Waals surface area contributed by atoms with E-state index >= 15 is 0 Å².